The third-order valence-electron chi connectivity index (χ3n) is 2.46. The largest absolute Gasteiger partial charge is 0.329 e. The maximum Gasteiger partial charge on any atom is 0.179 e. The van der Waals surface area contributed by atoms with Gasteiger partial charge in [0.2, 0.25) is 0 Å². The number of nitrogens with one attached hydrogen (secondary N) is 1. The zero-order valence-corrected chi connectivity index (χ0v) is 11.9. The fourth-order valence-electron chi connectivity index (χ4n) is 1.73. The number of rotatable bonds is 2. The third-order valence-corrected chi connectivity index (χ3v) is 4.47. The van der Waals surface area contributed by atoms with Gasteiger partial charge < -0.3 is 4.98 Å². The molecule has 0 aliphatic rings. The molecule has 0 unspecified atom stereocenters. The fraction of sp³-hybridized carbons (Fsp3) is 0.0909. The first kappa shape index (κ1) is 11.1. The van der Waals surface area contributed by atoms with Gasteiger partial charge in [-0.2, -0.15) is 0 Å². The monoisotopic (exact) mass is 325 g/mol. The summed E-state index contributed by atoms with van der Waals surface area (Å²) in [4.78, 5) is 8.77. The minimum Gasteiger partial charge on any atom is -0.329 e. The van der Waals surface area contributed by atoms with Crippen LogP contribution in [0.25, 0.3) is 11.2 Å². The SMILES string of the molecule is S=c1[nH]c2cccnc2n1Cc1cc(Br)cs1. The van der Waals surface area contributed by atoms with Crippen LogP contribution in [0.15, 0.2) is 34.2 Å². The van der Waals surface area contributed by atoms with Crippen molar-refractivity contribution in [2.75, 3.05) is 0 Å². The first-order valence-corrected chi connectivity index (χ1v) is 7.08. The molecule has 6 heteroatoms. The van der Waals surface area contributed by atoms with Crippen LogP contribution in [-0.4, -0.2) is 14.5 Å². The maximum atomic E-state index is 5.32. The molecule has 86 valence electrons. The highest BCUT2D eigenvalue weighted by Gasteiger charge is 2.06. The topological polar surface area (TPSA) is 33.6 Å². The summed E-state index contributed by atoms with van der Waals surface area (Å²) in [6.45, 7) is 0.756. The summed E-state index contributed by atoms with van der Waals surface area (Å²) in [5, 5.41) is 2.07. The summed E-state index contributed by atoms with van der Waals surface area (Å²) in [6, 6.07) is 5.99. The van der Waals surface area contributed by atoms with Crippen molar-refractivity contribution in [1.82, 2.24) is 14.5 Å². The minimum absolute atomic E-state index is 0.711. The third kappa shape index (κ3) is 2.08. The van der Waals surface area contributed by atoms with Gasteiger partial charge in [-0.3, -0.25) is 4.57 Å². The molecule has 0 fully saturated rings. The molecule has 1 N–H and O–H groups in total. The Kier molecular flexibility index (Phi) is 2.85. The Balaban J connectivity index is 2.11. The van der Waals surface area contributed by atoms with E-state index in [0.29, 0.717) is 4.77 Å². The molecule has 0 saturated carbocycles. The van der Waals surface area contributed by atoms with E-state index >= 15 is 0 Å². The van der Waals surface area contributed by atoms with Gasteiger partial charge in [0.05, 0.1) is 12.1 Å². The summed E-state index contributed by atoms with van der Waals surface area (Å²) in [5.74, 6) is 0. The van der Waals surface area contributed by atoms with Gasteiger partial charge in [-0.1, -0.05) is 0 Å². The van der Waals surface area contributed by atoms with Crippen LogP contribution < -0.4 is 0 Å². The second kappa shape index (κ2) is 4.36. The zero-order chi connectivity index (χ0) is 11.8. The van der Waals surface area contributed by atoms with Crippen molar-refractivity contribution < 1.29 is 0 Å². The van der Waals surface area contributed by atoms with E-state index in [4.69, 9.17) is 12.2 Å². The van der Waals surface area contributed by atoms with Crippen LogP contribution in [0, 0.1) is 4.77 Å². The molecule has 3 aromatic heterocycles. The molecule has 0 aliphatic heterocycles. The summed E-state index contributed by atoms with van der Waals surface area (Å²) >= 11 is 10.5. The van der Waals surface area contributed by atoms with E-state index in [0.717, 1.165) is 22.2 Å². The number of hydrogen-bond donors (Lipinski definition) is 1. The Hall–Kier alpha value is -0.980. The number of pyridine rings is 1. The van der Waals surface area contributed by atoms with E-state index in [1.807, 2.05) is 16.7 Å². The standard InChI is InChI=1S/C11H8BrN3S2/c12-7-4-8(17-6-7)5-15-10-9(14-11(15)16)2-1-3-13-10/h1-4,6H,5H2,(H,14,16). The van der Waals surface area contributed by atoms with Crippen LogP contribution in [0.3, 0.4) is 0 Å². The average Bonchev–Trinajstić information content (AvgIpc) is 2.85. The Morgan fingerprint density at radius 3 is 3.18 bits per heavy atom. The molecule has 0 aliphatic carbocycles. The first-order valence-electron chi connectivity index (χ1n) is 5.00. The zero-order valence-electron chi connectivity index (χ0n) is 8.68. The number of imidazole rings is 1. The molecule has 0 spiro atoms. The highest BCUT2D eigenvalue weighted by atomic mass is 79.9. The van der Waals surface area contributed by atoms with E-state index < -0.39 is 0 Å². The molecule has 0 saturated heterocycles. The molecule has 0 radical (unpaired) electrons. The number of H-pyrrole nitrogens is 1. The Bertz CT molecular complexity index is 725. The van der Waals surface area contributed by atoms with E-state index in [9.17, 15) is 0 Å². The molecule has 3 nitrogen and oxygen atoms in total. The van der Waals surface area contributed by atoms with Gasteiger partial charge in [0.1, 0.15) is 0 Å². The van der Waals surface area contributed by atoms with Crippen molar-refractivity contribution in [3.8, 4) is 0 Å². The number of halogens is 1. The average molecular weight is 326 g/mol. The van der Waals surface area contributed by atoms with Crippen LogP contribution in [-0.2, 0) is 6.54 Å². The van der Waals surface area contributed by atoms with Crippen molar-refractivity contribution in [1.29, 1.82) is 0 Å². The van der Waals surface area contributed by atoms with Gasteiger partial charge >= 0.3 is 0 Å². The fourth-order valence-corrected chi connectivity index (χ4v) is 3.43. The van der Waals surface area contributed by atoms with Crippen molar-refractivity contribution in [2.24, 2.45) is 0 Å². The smallest absolute Gasteiger partial charge is 0.179 e. The first-order chi connectivity index (χ1) is 8.24. The van der Waals surface area contributed by atoms with Crippen molar-refractivity contribution in [3.05, 3.63) is 43.9 Å². The molecule has 3 rings (SSSR count). The number of thiophene rings is 1. The Morgan fingerprint density at radius 1 is 1.53 bits per heavy atom. The molecule has 3 heterocycles. The van der Waals surface area contributed by atoms with Crippen LogP contribution in [0.5, 0.6) is 0 Å². The lowest BCUT2D eigenvalue weighted by molar-refractivity contribution is 0.813. The highest BCUT2D eigenvalue weighted by molar-refractivity contribution is 9.10. The molecule has 17 heavy (non-hydrogen) atoms. The highest BCUT2D eigenvalue weighted by Crippen LogP contribution is 2.22. The quantitative estimate of drug-likeness (QED) is 0.723. The lowest BCUT2D eigenvalue weighted by atomic mass is 10.4. The van der Waals surface area contributed by atoms with Crippen molar-refractivity contribution in [3.63, 3.8) is 0 Å². The predicted molar refractivity (Wildman–Crippen MR) is 76.0 cm³/mol. The van der Waals surface area contributed by atoms with Crippen molar-refractivity contribution in [2.45, 2.75) is 6.54 Å². The molecule has 0 bridgehead atoms. The molecule has 0 aromatic carbocycles. The van der Waals surface area contributed by atoms with E-state index in [1.165, 1.54) is 4.88 Å². The second-order valence-corrected chi connectivity index (χ2v) is 5.92. The molecule has 3 aromatic rings. The van der Waals surface area contributed by atoms with E-state index in [2.05, 4.69) is 37.3 Å². The molecular formula is C11H8BrN3S2. The normalized spacial score (nSPS) is 11.1. The van der Waals surface area contributed by atoms with E-state index in [1.54, 1.807) is 17.5 Å². The van der Waals surface area contributed by atoms with Gasteiger partial charge in [0.15, 0.2) is 10.4 Å². The molecule has 0 amide bonds. The van der Waals surface area contributed by atoms with Crippen LogP contribution in [0.2, 0.25) is 0 Å². The summed E-state index contributed by atoms with van der Waals surface area (Å²) in [7, 11) is 0. The number of hydrogen-bond acceptors (Lipinski definition) is 3. The Labute approximate surface area is 115 Å². The van der Waals surface area contributed by atoms with Gasteiger partial charge in [0.25, 0.3) is 0 Å². The van der Waals surface area contributed by atoms with Crippen LogP contribution in [0.1, 0.15) is 4.88 Å². The number of aromatic nitrogens is 3. The predicted octanol–water partition coefficient (Wildman–Crippen LogP) is 3.97. The van der Waals surface area contributed by atoms with Crippen LogP contribution in [0.4, 0.5) is 0 Å². The summed E-state index contributed by atoms with van der Waals surface area (Å²) in [5.41, 5.74) is 1.88. The van der Waals surface area contributed by atoms with Crippen molar-refractivity contribution >= 4 is 50.6 Å². The van der Waals surface area contributed by atoms with E-state index in [-0.39, 0.29) is 0 Å². The lowest BCUT2D eigenvalue weighted by Gasteiger charge is -2.00. The summed E-state index contributed by atoms with van der Waals surface area (Å²) in [6.07, 6.45) is 1.78. The minimum atomic E-state index is 0.711. The lowest BCUT2D eigenvalue weighted by Crippen LogP contribution is -1.98. The number of nitrogens with zero attached hydrogens (tertiary/aromatic N) is 2. The van der Waals surface area contributed by atoms with Gasteiger partial charge in [-0.25, -0.2) is 4.98 Å². The molecular weight excluding hydrogens is 318 g/mol. The van der Waals surface area contributed by atoms with Gasteiger partial charge in [0, 0.05) is 20.9 Å². The summed E-state index contributed by atoms with van der Waals surface area (Å²) < 4.78 is 3.84. The maximum absolute atomic E-state index is 5.32. The number of fused-ring (bicyclic) bond motifs is 1. The molecule has 0 atom stereocenters. The van der Waals surface area contributed by atoms with Gasteiger partial charge in [-0.05, 0) is 46.3 Å². The number of aromatic amines is 1. The van der Waals surface area contributed by atoms with Gasteiger partial charge in [-0.15, -0.1) is 11.3 Å². The second-order valence-electron chi connectivity index (χ2n) is 3.62. The van der Waals surface area contributed by atoms with Crippen LogP contribution >= 0.6 is 39.5 Å². The Morgan fingerprint density at radius 2 is 2.41 bits per heavy atom.